The van der Waals surface area contributed by atoms with Gasteiger partial charge in [-0.2, -0.15) is 14.6 Å². The summed E-state index contributed by atoms with van der Waals surface area (Å²) in [5.41, 5.74) is 2.86. The maximum atomic E-state index is 11.9. The zero-order valence-corrected chi connectivity index (χ0v) is 18.5. The van der Waals surface area contributed by atoms with Crippen molar-refractivity contribution in [3.8, 4) is 5.69 Å². The Labute approximate surface area is 195 Å². The van der Waals surface area contributed by atoms with E-state index in [2.05, 4.69) is 25.4 Å². The molecule has 0 radical (unpaired) electrons. The van der Waals surface area contributed by atoms with Gasteiger partial charge in [0.25, 0.3) is 11.5 Å². The number of nitrogens with zero attached hydrogens (tertiary/aromatic N) is 8. The van der Waals surface area contributed by atoms with Crippen molar-refractivity contribution in [1.29, 1.82) is 0 Å². The van der Waals surface area contributed by atoms with Crippen molar-refractivity contribution >= 4 is 40.4 Å². The number of hydrogen-bond acceptors (Lipinski definition) is 10. The summed E-state index contributed by atoms with van der Waals surface area (Å²) in [5.74, 6) is 0.241. The van der Waals surface area contributed by atoms with Gasteiger partial charge in [-0.25, -0.2) is 4.68 Å². The fourth-order valence-electron chi connectivity index (χ4n) is 3.37. The van der Waals surface area contributed by atoms with E-state index in [1.54, 1.807) is 16.8 Å². The highest BCUT2D eigenvalue weighted by Crippen LogP contribution is 2.25. The highest BCUT2D eigenvalue weighted by molar-refractivity contribution is 7.98. The second-order valence-electron chi connectivity index (χ2n) is 7.14. The second kappa shape index (κ2) is 8.86. The van der Waals surface area contributed by atoms with E-state index in [4.69, 9.17) is 4.74 Å². The fraction of sp³-hybridized carbons (Fsp3) is 0.143. The van der Waals surface area contributed by atoms with E-state index in [0.29, 0.717) is 27.8 Å². The number of para-hydroxylation sites is 1. The number of benzene rings is 2. The number of nitro groups is 1. The molecule has 0 N–H and O–H groups in total. The predicted molar refractivity (Wildman–Crippen MR) is 122 cm³/mol. The van der Waals surface area contributed by atoms with Gasteiger partial charge in [0, 0.05) is 17.9 Å². The third-order valence-corrected chi connectivity index (χ3v) is 5.86. The quantitative estimate of drug-likeness (QED) is 0.149. The number of carbonyl (C=O) groups excluding carboxylic acids is 1. The van der Waals surface area contributed by atoms with Gasteiger partial charge < -0.3 is 4.74 Å². The maximum absolute atomic E-state index is 11.9. The van der Waals surface area contributed by atoms with Crippen LogP contribution >= 0.6 is 11.8 Å². The molecule has 12 nitrogen and oxygen atoms in total. The van der Waals surface area contributed by atoms with Crippen LogP contribution in [0.1, 0.15) is 11.3 Å². The molecule has 0 saturated carbocycles. The second-order valence-corrected chi connectivity index (χ2v) is 8.08. The molecule has 3 heterocycles. The first-order valence-corrected chi connectivity index (χ1v) is 11.0. The lowest BCUT2D eigenvalue weighted by Gasteiger charge is -2.03. The average Bonchev–Trinajstić information content (AvgIpc) is 3.44. The maximum Gasteiger partial charge on any atom is 0.311 e. The molecule has 0 fully saturated rings. The number of carbonyl (C=O) groups is 1. The minimum Gasteiger partial charge on any atom is -0.469 e. The molecule has 0 aliphatic rings. The molecule has 0 saturated heterocycles. The van der Waals surface area contributed by atoms with Crippen molar-refractivity contribution in [2.45, 2.75) is 17.3 Å². The van der Waals surface area contributed by atoms with Crippen molar-refractivity contribution in [3.63, 3.8) is 0 Å². The van der Waals surface area contributed by atoms with Gasteiger partial charge in [-0.3, -0.25) is 14.9 Å². The smallest absolute Gasteiger partial charge is 0.311 e. The Morgan fingerprint density at radius 2 is 1.94 bits per heavy atom. The SMILES string of the molecule is COC(=O)Cc1nn(-c2ccccc2)c2c1nnc1nc(SCc3cccc([N+](=O)[O-])c3)nn12. The summed E-state index contributed by atoms with van der Waals surface area (Å²) in [6.45, 7) is 0. The Bertz CT molecular complexity index is 1530. The summed E-state index contributed by atoms with van der Waals surface area (Å²) in [6.07, 6.45) is -0.0733. The van der Waals surface area contributed by atoms with Gasteiger partial charge in [-0.1, -0.05) is 42.1 Å². The van der Waals surface area contributed by atoms with Gasteiger partial charge in [-0.05, 0) is 17.7 Å². The number of non-ortho nitro benzene ring substituents is 1. The zero-order valence-electron chi connectivity index (χ0n) is 17.7. The number of nitro benzene ring substituents is 1. The highest BCUT2D eigenvalue weighted by Gasteiger charge is 2.22. The van der Waals surface area contributed by atoms with E-state index >= 15 is 0 Å². The van der Waals surface area contributed by atoms with E-state index in [1.807, 2.05) is 30.3 Å². The number of aromatic nitrogens is 7. The van der Waals surface area contributed by atoms with Crippen LogP contribution in [0.2, 0.25) is 0 Å². The van der Waals surface area contributed by atoms with Crippen LogP contribution < -0.4 is 0 Å². The average molecular weight is 476 g/mol. The van der Waals surface area contributed by atoms with E-state index in [1.165, 1.54) is 35.5 Å². The van der Waals surface area contributed by atoms with Gasteiger partial charge in [0.15, 0.2) is 11.2 Å². The van der Waals surface area contributed by atoms with E-state index < -0.39 is 10.9 Å². The van der Waals surface area contributed by atoms with Crippen LogP contribution in [0.15, 0.2) is 59.8 Å². The summed E-state index contributed by atoms with van der Waals surface area (Å²) >= 11 is 1.31. The first kappa shape index (κ1) is 21.5. The summed E-state index contributed by atoms with van der Waals surface area (Å²) < 4.78 is 7.95. The van der Waals surface area contributed by atoms with Gasteiger partial charge in [0.2, 0.25) is 5.16 Å². The molecule has 0 spiro atoms. The minimum atomic E-state index is -0.451. The number of ether oxygens (including phenoxy) is 1. The van der Waals surface area contributed by atoms with Crippen LogP contribution in [-0.4, -0.2) is 52.6 Å². The molecule has 34 heavy (non-hydrogen) atoms. The van der Waals surface area contributed by atoms with Crippen LogP contribution in [0.3, 0.4) is 0 Å². The molecule has 0 unspecified atom stereocenters. The number of rotatable bonds is 7. The van der Waals surface area contributed by atoms with Crippen LogP contribution in [0.5, 0.6) is 0 Å². The monoisotopic (exact) mass is 476 g/mol. The number of esters is 1. The largest absolute Gasteiger partial charge is 0.469 e. The Kier molecular flexibility index (Phi) is 5.59. The van der Waals surface area contributed by atoms with Crippen molar-refractivity contribution < 1.29 is 14.5 Å². The van der Waals surface area contributed by atoms with Crippen LogP contribution in [0, 0.1) is 10.1 Å². The number of methoxy groups -OCH3 is 1. The molecule has 0 bridgehead atoms. The minimum absolute atomic E-state index is 0.0264. The molecule has 0 aliphatic heterocycles. The Morgan fingerprint density at radius 1 is 1.12 bits per heavy atom. The first-order valence-electron chi connectivity index (χ1n) is 10.0. The molecule has 170 valence electrons. The van der Waals surface area contributed by atoms with Gasteiger partial charge in [-0.15, -0.1) is 15.3 Å². The number of hydrogen-bond donors (Lipinski definition) is 0. The summed E-state index contributed by atoms with van der Waals surface area (Å²) in [7, 11) is 1.31. The molecule has 5 aromatic rings. The van der Waals surface area contributed by atoms with Gasteiger partial charge in [0.05, 0.1) is 24.1 Å². The van der Waals surface area contributed by atoms with E-state index in [9.17, 15) is 14.9 Å². The Balaban J connectivity index is 1.56. The lowest BCUT2D eigenvalue weighted by Crippen LogP contribution is -2.06. The van der Waals surface area contributed by atoms with Gasteiger partial charge >= 0.3 is 5.97 Å². The molecular formula is C21H16N8O4S. The Hall–Kier alpha value is -4.39. The lowest BCUT2D eigenvalue weighted by atomic mass is 10.2. The third-order valence-electron chi connectivity index (χ3n) is 4.95. The summed E-state index contributed by atoms with van der Waals surface area (Å²) in [5, 5.41) is 29.0. The van der Waals surface area contributed by atoms with Crippen molar-refractivity contribution in [2.75, 3.05) is 7.11 Å². The zero-order chi connectivity index (χ0) is 23.7. The molecule has 2 aromatic carbocycles. The molecule has 3 aromatic heterocycles. The third kappa shape index (κ3) is 4.03. The van der Waals surface area contributed by atoms with Gasteiger partial charge in [0.1, 0.15) is 5.69 Å². The molecular weight excluding hydrogens is 460 g/mol. The number of thioether (sulfide) groups is 1. The summed E-state index contributed by atoms with van der Waals surface area (Å²) in [6, 6.07) is 15.8. The number of fused-ring (bicyclic) bond motifs is 3. The van der Waals surface area contributed by atoms with Crippen LogP contribution in [0.4, 0.5) is 5.69 Å². The topological polar surface area (TPSA) is 143 Å². The molecule has 0 atom stereocenters. The molecule has 13 heteroatoms. The lowest BCUT2D eigenvalue weighted by molar-refractivity contribution is -0.384. The fourth-order valence-corrected chi connectivity index (χ4v) is 4.13. The van der Waals surface area contributed by atoms with Crippen LogP contribution in [-0.2, 0) is 21.7 Å². The normalized spacial score (nSPS) is 11.2. The van der Waals surface area contributed by atoms with Crippen LogP contribution in [0.25, 0.3) is 22.6 Å². The van der Waals surface area contributed by atoms with Crippen molar-refractivity contribution in [1.82, 2.24) is 34.6 Å². The molecule has 5 rings (SSSR count). The van der Waals surface area contributed by atoms with Crippen molar-refractivity contribution in [3.05, 3.63) is 76.0 Å². The molecule has 0 aliphatic carbocycles. The van der Waals surface area contributed by atoms with E-state index in [0.717, 1.165) is 11.3 Å². The predicted octanol–water partition coefficient (Wildman–Crippen LogP) is 2.77. The Morgan fingerprint density at radius 3 is 2.71 bits per heavy atom. The summed E-state index contributed by atoms with van der Waals surface area (Å²) in [4.78, 5) is 27.0. The van der Waals surface area contributed by atoms with Crippen molar-refractivity contribution in [2.24, 2.45) is 0 Å². The standard InChI is InChI=1S/C21H16N8O4S/c1-33-17(30)11-16-18-19(27(25-16)14-7-3-2-4-8-14)28-20(24-23-18)22-21(26-28)34-12-13-6-5-9-15(10-13)29(31)32/h2-10H,11-12H2,1H3. The molecule has 0 amide bonds. The first-order chi connectivity index (χ1) is 16.5. The van der Waals surface area contributed by atoms with E-state index in [-0.39, 0.29) is 17.9 Å². The highest BCUT2D eigenvalue weighted by atomic mass is 32.2.